The van der Waals surface area contributed by atoms with Crippen LogP contribution in [0.1, 0.15) is 72.3 Å². The second kappa shape index (κ2) is 20.1. The summed E-state index contributed by atoms with van der Waals surface area (Å²) in [6.07, 6.45) is 3.36. The van der Waals surface area contributed by atoms with E-state index in [4.69, 9.17) is 15.2 Å². The molecular weight excluding hydrogens is 847 g/mol. The summed E-state index contributed by atoms with van der Waals surface area (Å²) in [4.78, 5) is 47.9. The van der Waals surface area contributed by atoms with Crippen LogP contribution in [0, 0.1) is 34.6 Å². The number of rotatable bonds is 19. The minimum Gasteiger partial charge on any atom is -0.420 e. The second-order valence-electron chi connectivity index (χ2n) is 17.2. The number of amides is 2. The standard InChI is InChI=1S/C45H55F4N5O8S/c1-7-16-53(18-9-17-52(6)38(56)14-15-45(4,5)61-27-44(2,3)43(58)62-41-39(48)34(46)23-35(47)40(41)49)42(57)32-19-31-13-12-30(21-36(31)51-37(50)22-32)29-10-8-11-33(20-29)63(59,60)54-24-28(25-54)26-55/h8,10-13,19-21,23,28,55H,7,9,14-18,22,24-27H2,1-6H3,(H2,50,51). The number of aliphatic hydroxyl groups excluding tert-OH is 1. The van der Waals surface area contributed by atoms with Crippen LogP contribution in [0.5, 0.6) is 5.75 Å². The zero-order valence-electron chi connectivity index (χ0n) is 36.4. The van der Waals surface area contributed by atoms with Crippen LogP contribution >= 0.6 is 0 Å². The molecule has 1 fully saturated rings. The molecule has 0 radical (unpaired) electrons. The first kappa shape index (κ1) is 48.9. The van der Waals surface area contributed by atoms with Crippen LogP contribution in [0.2, 0.25) is 0 Å². The molecule has 5 rings (SSSR count). The third-order valence-corrected chi connectivity index (χ3v) is 12.8. The van der Waals surface area contributed by atoms with Gasteiger partial charge in [0, 0.05) is 82.3 Å². The van der Waals surface area contributed by atoms with Gasteiger partial charge in [-0.1, -0.05) is 31.2 Å². The van der Waals surface area contributed by atoms with Crippen molar-refractivity contribution in [1.82, 2.24) is 14.1 Å². The minimum atomic E-state index is -3.72. The number of fused-ring (bicyclic) bond motifs is 1. The fourth-order valence-electron chi connectivity index (χ4n) is 6.92. The lowest BCUT2D eigenvalue weighted by Crippen LogP contribution is -2.51. The van der Waals surface area contributed by atoms with Crippen LogP contribution < -0.4 is 10.5 Å². The molecule has 13 nitrogen and oxygen atoms in total. The highest BCUT2D eigenvalue weighted by Gasteiger charge is 2.37. The average Bonchev–Trinajstić information content (AvgIpc) is 3.39. The predicted octanol–water partition coefficient (Wildman–Crippen LogP) is 6.59. The molecule has 0 spiro atoms. The first-order valence-corrected chi connectivity index (χ1v) is 22.1. The number of carbonyl (C=O) groups is 3. The van der Waals surface area contributed by atoms with Gasteiger partial charge in [0.2, 0.25) is 39.2 Å². The molecule has 2 amide bonds. The molecule has 0 unspecified atom stereocenters. The summed E-state index contributed by atoms with van der Waals surface area (Å²) in [7, 11) is -2.07. The number of nitrogens with two attached hydrogens (primary N) is 1. The van der Waals surface area contributed by atoms with Gasteiger partial charge >= 0.3 is 5.97 Å². The summed E-state index contributed by atoms with van der Waals surface area (Å²) in [6.45, 7) is 9.44. The Morgan fingerprint density at radius 1 is 0.952 bits per heavy atom. The van der Waals surface area contributed by atoms with Crippen LogP contribution in [0.3, 0.4) is 0 Å². The van der Waals surface area contributed by atoms with Gasteiger partial charge in [-0.15, -0.1) is 0 Å². The lowest BCUT2D eigenvalue weighted by atomic mass is 9.94. The predicted molar refractivity (Wildman–Crippen MR) is 229 cm³/mol. The summed E-state index contributed by atoms with van der Waals surface area (Å²) in [6, 6.07) is 12.1. The second-order valence-corrected chi connectivity index (χ2v) is 19.1. The van der Waals surface area contributed by atoms with Crippen molar-refractivity contribution in [2.45, 2.75) is 77.2 Å². The van der Waals surface area contributed by atoms with Gasteiger partial charge in [0.25, 0.3) is 0 Å². The van der Waals surface area contributed by atoms with Crippen molar-refractivity contribution in [3.63, 3.8) is 0 Å². The number of hydrogen-bond acceptors (Lipinski definition) is 10. The zero-order valence-corrected chi connectivity index (χ0v) is 37.2. The maximum Gasteiger partial charge on any atom is 0.319 e. The molecule has 3 aromatic carbocycles. The Morgan fingerprint density at radius 2 is 1.62 bits per heavy atom. The lowest BCUT2D eigenvalue weighted by molar-refractivity contribution is -0.152. The highest BCUT2D eigenvalue weighted by molar-refractivity contribution is 7.89. The fraction of sp³-hybridized carbons (Fsp3) is 0.467. The van der Waals surface area contributed by atoms with Crippen molar-refractivity contribution in [2.24, 2.45) is 22.1 Å². The van der Waals surface area contributed by atoms with Crippen LogP contribution in [0.4, 0.5) is 23.2 Å². The van der Waals surface area contributed by atoms with Crippen molar-refractivity contribution in [1.29, 1.82) is 0 Å². The molecule has 1 saturated heterocycles. The van der Waals surface area contributed by atoms with Crippen LogP contribution in [0.15, 0.2) is 64.0 Å². The fourth-order valence-corrected chi connectivity index (χ4v) is 8.55. The van der Waals surface area contributed by atoms with Gasteiger partial charge in [-0.3, -0.25) is 14.4 Å². The smallest absolute Gasteiger partial charge is 0.319 e. The zero-order chi connectivity index (χ0) is 46.4. The number of esters is 1. The monoisotopic (exact) mass is 901 g/mol. The molecule has 0 atom stereocenters. The molecule has 2 aliphatic heterocycles. The van der Waals surface area contributed by atoms with Crippen LogP contribution in [-0.2, 0) is 29.1 Å². The number of carbonyl (C=O) groups excluding carboxylic acids is 3. The average molecular weight is 902 g/mol. The number of ether oxygens (including phenoxy) is 2. The Labute approximate surface area is 365 Å². The molecule has 0 aliphatic carbocycles. The molecule has 18 heteroatoms. The molecule has 3 N–H and O–H groups in total. The quantitative estimate of drug-likeness (QED) is 0.0583. The molecule has 0 aromatic heterocycles. The maximum absolute atomic E-state index is 14.1. The van der Waals surface area contributed by atoms with E-state index in [-0.39, 0.29) is 80.1 Å². The number of hydrogen-bond donors (Lipinski definition) is 2. The molecule has 0 bridgehead atoms. The Balaban J connectivity index is 1.14. The summed E-state index contributed by atoms with van der Waals surface area (Å²) in [5, 5.41) is 9.34. The van der Waals surface area contributed by atoms with E-state index in [0.717, 1.165) is 0 Å². The molecule has 342 valence electrons. The van der Waals surface area contributed by atoms with Crippen LogP contribution in [0.25, 0.3) is 17.2 Å². The molecule has 2 heterocycles. The van der Waals surface area contributed by atoms with Gasteiger partial charge in [0.15, 0.2) is 11.6 Å². The van der Waals surface area contributed by atoms with E-state index in [1.807, 2.05) is 19.1 Å². The lowest BCUT2D eigenvalue weighted by Gasteiger charge is -2.36. The summed E-state index contributed by atoms with van der Waals surface area (Å²) < 4.78 is 93.8. The van der Waals surface area contributed by atoms with Gasteiger partial charge in [0.1, 0.15) is 5.84 Å². The number of aliphatic hydroxyl groups is 1. The van der Waals surface area contributed by atoms with Crippen molar-refractivity contribution in [2.75, 3.05) is 53.0 Å². The van der Waals surface area contributed by atoms with Gasteiger partial charge < -0.3 is 30.1 Å². The number of aliphatic imine (C=N–C) groups is 1. The van der Waals surface area contributed by atoms with E-state index in [1.165, 1.54) is 18.2 Å². The van der Waals surface area contributed by atoms with E-state index in [1.54, 1.807) is 67.1 Å². The minimum absolute atomic E-state index is 0.00721. The number of halogens is 4. The molecule has 63 heavy (non-hydrogen) atoms. The first-order valence-electron chi connectivity index (χ1n) is 20.7. The van der Waals surface area contributed by atoms with Gasteiger partial charge in [-0.25, -0.2) is 22.2 Å². The SMILES string of the molecule is CCCN(CCCN(C)C(=O)CCC(C)(C)OCC(C)(C)C(=O)Oc1c(F)c(F)cc(F)c1F)C(=O)C1=Cc2ccc(-c3cccc(S(=O)(=O)N4CC(CO)C4)c3)cc2N=C(N)C1. The Bertz CT molecular complexity index is 2360. The van der Waals surface area contributed by atoms with E-state index in [9.17, 15) is 45.5 Å². The highest BCUT2D eigenvalue weighted by Crippen LogP contribution is 2.35. The Morgan fingerprint density at radius 3 is 2.27 bits per heavy atom. The topological polar surface area (TPSA) is 172 Å². The summed E-state index contributed by atoms with van der Waals surface area (Å²) >= 11 is 0. The normalized spacial score (nSPS) is 14.8. The van der Waals surface area contributed by atoms with E-state index in [0.29, 0.717) is 60.4 Å². The molecule has 0 saturated carbocycles. The number of nitrogens with zero attached hydrogens (tertiary/aromatic N) is 4. The largest absolute Gasteiger partial charge is 0.420 e. The molecular formula is C45H55F4N5O8S. The molecule has 2 aliphatic rings. The maximum atomic E-state index is 14.1. The van der Waals surface area contributed by atoms with E-state index in [2.05, 4.69) is 4.99 Å². The van der Waals surface area contributed by atoms with Gasteiger partial charge in [0.05, 0.1) is 28.2 Å². The van der Waals surface area contributed by atoms with Crippen molar-refractivity contribution < 1.29 is 54.9 Å². The highest BCUT2D eigenvalue weighted by atomic mass is 32.2. The summed E-state index contributed by atoms with van der Waals surface area (Å²) in [5.74, 6) is -10.0. The van der Waals surface area contributed by atoms with Crippen molar-refractivity contribution >= 4 is 45.4 Å². The van der Waals surface area contributed by atoms with Crippen molar-refractivity contribution in [3.05, 3.63) is 82.9 Å². The van der Waals surface area contributed by atoms with Gasteiger partial charge in [-0.2, -0.15) is 13.1 Å². The number of amidine groups is 1. The first-order chi connectivity index (χ1) is 29.6. The molecule has 3 aromatic rings. The Hall–Kier alpha value is -5.17. The van der Waals surface area contributed by atoms with Crippen LogP contribution in [-0.4, -0.2) is 110 Å². The van der Waals surface area contributed by atoms with E-state index >= 15 is 0 Å². The van der Waals surface area contributed by atoms with Gasteiger partial charge in [-0.05, 0) is 82.4 Å². The van der Waals surface area contributed by atoms with Crippen molar-refractivity contribution in [3.8, 4) is 16.9 Å². The summed E-state index contributed by atoms with van der Waals surface area (Å²) in [5.41, 5.74) is 6.94. The number of sulfonamides is 1. The third-order valence-electron chi connectivity index (χ3n) is 11.0. The number of benzene rings is 3. The third kappa shape index (κ3) is 11.9. The van der Waals surface area contributed by atoms with E-state index < -0.39 is 56.0 Å². The Kier molecular flexibility index (Phi) is 15.6.